The lowest BCUT2D eigenvalue weighted by Crippen LogP contribution is -2.30. The van der Waals surface area contributed by atoms with Crippen LogP contribution < -0.4 is 10.3 Å². The molecule has 0 bridgehead atoms. The number of pyridine rings is 1. The Labute approximate surface area is 139 Å². The summed E-state index contributed by atoms with van der Waals surface area (Å²) in [5, 5.41) is 0.196. The fourth-order valence-electron chi connectivity index (χ4n) is 3.22. The van der Waals surface area contributed by atoms with Gasteiger partial charge in [-0.2, -0.15) is 0 Å². The molecule has 1 aliphatic rings. The van der Waals surface area contributed by atoms with Gasteiger partial charge >= 0.3 is 5.97 Å². The maximum absolute atomic E-state index is 14.6. The Morgan fingerprint density at radius 3 is 2.62 bits per heavy atom. The Morgan fingerprint density at radius 1 is 1.25 bits per heavy atom. The van der Waals surface area contributed by atoms with Crippen LogP contribution in [0.4, 0.5) is 10.1 Å². The van der Waals surface area contributed by atoms with E-state index in [9.17, 15) is 14.0 Å². The van der Waals surface area contributed by atoms with Crippen LogP contribution in [-0.2, 0) is 11.8 Å². The molecule has 0 spiro atoms. The van der Waals surface area contributed by atoms with Crippen LogP contribution in [-0.4, -0.2) is 30.2 Å². The number of ether oxygens (including phenoxy) is 1. The van der Waals surface area contributed by atoms with E-state index in [2.05, 4.69) is 0 Å². The first-order chi connectivity index (χ1) is 11.5. The van der Waals surface area contributed by atoms with E-state index in [1.807, 2.05) is 4.90 Å². The summed E-state index contributed by atoms with van der Waals surface area (Å²) in [6, 6.07) is 2.94. The second kappa shape index (κ2) is 6.63. The zero-order valence-corrected chi connectivity index (χ0v) is 14.0. The summed E-state index contributed by atoms with van der Waals surface area (Å²) in [5.74, 6) is -1.11. The molecule has 0 radical (unpaired) electrons. The quantitative estimate of drug-likeness (QED) is 0.811. The zero-order chi connectivity index (χ0) is 17.3. The third kappa shape index (κ3) is 2.88. The first-order valence-electron chi connectivity index (χ1n) is 8.28. The number of hydrogen-bond acceptors (Lipinski definition) is 4. The van der Waals surface area contributed by atoms with Crippen molar-refractivity contribution in [2.24, 2.45) is 7.05 Å². The maximum Gasteiger partial charge on any atom is 0.343 e. The lowest BCUT2D eigenvalue weighted by atomic mass is 10.1. The predicted octanol–water partition coefficient (Wildman–Crippen LogP) is 2.84. The number of piperidine rings is 1. The van der Waals surface area contributed by atoms with Crippen molar-refractivity contribution in [1.82, 2.24) is 4.57 Å². The standard InChI is InChI=1S/C18H21FN2O3/c1-3-24-18(23)13-11-20(2)15-10-16(21-7-5-4-6-8-21)14(19)9-12(15)17(13)22/h9-11H,3-8H2,1-2H3. The average molecular weight is 332 g/mol. The number of anilines is 1. The van der Waals surface area contributed by atoms with Crippen LogP contribution in [0.5, 0.6) is 0 Å². The van der Waals surface area contributed by atoms with Gasteiger partial charge in [-0.3, -0.25) is 4.79 Å². The molecule has 1 aromatic heterocycles. The van der Waals surface area contributed by atoms with Crippen molar-refractivity contribution < 1.29 is 13.9 Å². The Hall–Kier alpha value is -2.37. The highest BCUT2D eigenvalue weighted by molar-refractivity contribution is 5.94. The molecule has 3 rings (SSSR count). The maximum atomic E-state index is 14.6. The van der Waals surface area contributed by atoms with Crippen molar-refractivity contribution in [3.05, 3.63) is 39.9 Å². The highest BCUT2D eigenvalue weighted by Gasteiger charge is 2.20. The lowest BCUT2D eigenvalue weighted by molar-refractivity contribution is 0.0524. The van der Waals surface area contributed by atoms with Gasteiger partial charge in [0, 0.05) is 31.7 Å². The number of aryl methyl sites for hydroxylation is 1. The fraction of sp³-hybridized carbons (Fsp3) is 0.444. The third-order valence-corrected chi connectivity index (χ3v) is 4.45. The molecule has 1 aliphatic heterocycles. The van der Waals surface area contributed by atoms with Crippen molar-refractivity contribution in [3.63, 3.8) is 0 Å². The van der Waals surface area contributed by atoms with E-state index in [1.54, 1.807) is 24.6 Å². The molecular weight excluding hydrogens is 311 g/mol. The fourth-order valence-corrected chi connectivity index (χ4v) is 3.22. The largest absolute Gasteiger partial charge is 0.462 e. The molecular formula is C18H21FN2O3. The monoisotopic (exact) mass is 332 g/mol. The second-order valence-corrected chi connectivity index (χ2v) is 6.07. The summed E-state index contributed by atoms with van der Waals surface area (Å²) in [6.45, 7) is 3.49. The summed E-state index contributed by atoms with van der Waals surface area (Å²) in [4.78, 5) is 26.5. The molecule has 2 aromatic rings. The molecule has 0 atom stereocenters. The van der Waals surface area contributed by atoms with E-state index >= 15 is 0 Å². The lowest BCUT2D eigenvalue weighted by Gasteiger charge is -2.29. The van der Waals surface area contributed by atoms with E-state index in [0.717, 1.165) is 32.4 Å². The van der Waals surface area contributed by atoms with Gasteiger partial charge in [0.25, 0.3) is 0 Å². The number of halogens is 1. The molecule has 1 aromatic carbocycles. The Morgan fingerprint density at radius 2 is 1.96 bits per heavy atom. The number of esters is 1. The molecule has 1 fully saturated rings. The minimum absolute atomic E-state index is 0.0722. The number of carbonyl (C=O) groups is 1. The van der Waals surface area contributed by atoms with Gasteiger partial charge in [0.2, 0.25) is 5.43 Å². The van der Waals surface area contributed by atoms with Gasteiger partial charge in [0.1, 0.15) is 11.4 Å². The van der Waals surface area contributed by atoms with E-state index < -0.39 is 17.2 Å². The Balaban J connectivity index is 2.14. The number of aromatic nitrogens is 1. The smallest absolute Gasteiger partial charge is 0.343 e. The molecule has 128 valence electrons. The van der Waals surface area contributed by atoms with Gasteiger partial charge in [-0.25, -0.2) is 9.18 Å². The number of nitrogens with zero attached hydrogens (tertiary/aromatic N) is 2. The van der Waals surface area contributed by atoms with Crippen molar-refractivity contribution in [2.75, 3.05) is 24.6 Å². The van der Waals surface area contributed by atoms with Gasteiger partial charge in [0.15, 0.2) is 0 Å². The average Bonchev–Trinajstić information content (AvgIpc) is 2.58. The van der Waals surface area contributed by atoms with Crippen LogP contribution in [0.25, 0.3) is 10.9 Å². The van der Waals surface area contributed by atoms with Gasteiger partial charge in [-0.1, -0.05) is 0 Å². The SMILES string of the molecule is CCOC(=O)c1cn(C)c2cc(N3CCCCC3)c(F)cc2c1=O. The summed E-state index contributed by atoms with van der Waals surface area (Å²) in [5.41, 5.74) is 0.554. The van der Waals surface area contributed by atoms with Crippen molar-refractivity contribution >= 4 is 22.6 Å². The minimum atomic E-state index is -0.680. The first-order valence-corrected chi connectivity index (χ1v) is 8.28. The molecule has 24 heavy (non-hydrogen) atoms. The molecule has 1 saturated heterocycles. The number of carbonyl (C=O) groups excluding carboxylic acids is 1. The van der Waals surface area contributed by atoms with Crippen LogP contribution in [0.15, 0.2) is 23.1 Å². The molecule has 2 heterocycles. The third-order valence-electron chi connectivity index (χ3n) is 4.45. The number of fused-ring (bicyclic) bond motifs is 1. The van der Waals surface area contributed by atoms with Gasteiger partial charge in [0.05, 0.1) is 17.8 Å². The van der Waals surface area contributed by atoms with E-state index in [0.29, 0.717) is 11.2 Å². The highest BCUT2D eigenvalue weighted by Crippen LogP contribution is 2.27. The van der Waals surface area contributed by atoms with Crippen LogP contribution in [0.2, 0.25) is 0 Å². The molecule has 5 nitrogen and oxygen atoms in total. The summed E-state index contributed by atoms with van der Waals surface area (Å²) in [7, 11) is 1.74. The molecule has 0 amide bonds. The number of rotatable bonds is 3. The van der Waals surface area contributed by atoms with E-state index in [-0.39, 0.29) is 17.6 Å². The van der Waals surface area contributed by atoms with Crippen LogP contribution in [0.1, 0.15) is 36.5 Å². The summed E-state index contributed by atoms with van der Waals surface area (Å²) < 4.78 is 21.2. The van der Waals surface area contributed by atoms with Crippen molar-refractivity contribution in [3.8, 4) is 0 Å². The normalized spacial score (nSPS) is 14.9. The topological polar surface area (TPSA) is 51.5 Å². The van der Waals surface area contributed by atoms with Crippen molar-refractivity contribution in [1.29, 1.82) is 0 Å². The predicted molar refractivity (Wildman–Crippen MR) is 91.2 cm³/mol. The molecule has 0 N–H and O–H groups in total. The molecule has 0 aliphatic carbocycles. The number of benzene rings is 1. The van der Waals surface area contributed by atoms with Gasteiger partial charge in [-0.05, 0) is 38.3 Å². The van der Waals surface area contributed by atoms with Crippen molar-refractivity contribution in [2.45, 2.75) is 26.2 Å². The summed E-state index contributed by atoms with van der Waals surface area (Å²) >= 11 is 0. The molecule has 0 unspecified atom stereocenters. The van der Waals surface area contributed by atoms with Crippen LogP contribution in [0, 0.1) is 5.82 Å². The Kier molecular flexibility index (Phi) is 4.55. The van der Waals surface area contributed by atoms with Crippen LogP contribution in [0.3, 0.4) is 0 Å². The van der Waals surface area contributed by atoms with E-state index in [1.165, 1.54) is 12.3 Å². The number of hydrogen-bond donors (Lipinski definition) is 0. The summed E-state index contributed by atoms with van der Waals surface area (Å²) in [6.07, 6.45) is 4.70. The van der Waals surface area contributed by atoms with Crippen LogP contribution >= 0.6 is 0 Å². The minimum Gasteiger partial charge on any atom is -0.462 e. The zero-order valence-electron chi connectivity index (χ0n) is 14.0. The first kappa shape index (κ1) is 16.5. The second-order valence-electron chi connectivity index (χ2n) is 6.07. The Bertz CT molecular complexity index is 838. The molecule has 6 heteroatoms. The molecule has 0 saturated carbocycles. The van der Waals surface area contributed by atoms with Gasteiger partial charge in [-0.15, -0.1) is 0 Å². The van der Waals surface area contributed by atoms with Gasteiger partial charge < -0.3 is 14.2 Å². The highest BCUT2D eigenvalue weighted by atomic mass is 19.1. The van der Waals surface area contributed by atoms with E-state index in [4.69, 9.17) is 4.74 Å².